The number of benzene rings is 2. The van der Waals surface area contributed by atoms with Crippen molar-refractivity contribution in [2.75, 3.05) is 5.32 Å². The largest absolute Gasteiger partial charge is 0.481 e. The van der Waals surface area contributed by atoms with Crippen molar-refractivity contribution >= 4 is 52.3 Å². The predicted octanol–water partition coefficient (Wildman–Crippen LogP) is 3.60. The number of halogens is 1. The number of aliphatic carboxylic acids is 2. The molecule has 0 saturated carbocycles. The van der Waals surface area contributed by atoms with Crippen LogP contribution in [0.2, 0.25) is 5.02 Å². The summed E-state index contributed by atoms with van der Waals surface area (Å²) in [6.45, 7) is 5.23. The van der Waals surface area contributed by atoms with Crippen LogP contribution in [0.15, 0.2) is 39.9 Å². The maximum atomic E-state index is 13.3. The number of carbonyl (C=O) groups excluding carboxylic acids is 2. The van der Waals surface area contributed by atoms with E-state index in [1.54, 1.807) is 51.1 Å². The molecule has 4 rings (SSSR count). The van der Waals surface area contributed by atoms with Crippen molar-refractivity contribution in [3.05, 3.63) is 72.8 Å². The molecule has 1 aromatic heterocycles. The molecule has 234 valence electrons. The zero-order chi connectivity index (χ0) is 32.3. The van der Waals surface area contributed by atoms with Gasteiger partial charge in [0, 0.05) is 29.7 Å². The van der Waals surface area contributed by atoms with E-state index in [1.807, 2.05) is 0 Å². The highest BCUT2D eigenvalue weighted by Gasteiger charge is 2.28. The van der Waals surface area contributed by atoms with Crippen molar-refractivity contribution < 1.29 is 34.1 Å². The zero-order valence-electron chi connectivity index (χ0n) is 24.4. The van der Waals surface area contributed by atoms with Crippen LogP contribution in [0.3, 0.4) is 0 Å². The van der Waals surface area contributed by atoms with Crippen LogP contribution in [0.25, 0.3) is 11.0 Å². The number of carbonyl (C=O) groups is 4. The molecule has 44 heavy (non-hydrogen) atoms. The molecule has 0 radical (unpaired) electrons. The van der Waals surface area contributed by atoms with Gasteiger partial charge in [-0.05, 0) is 81.3 Å². The molecule has 0 spiro atoms. The Balaban J connectivity index is 1.57. The monoisotopic (exact) mass is 628 g/mol. The second-order valence-corrected chi connectivity index (χ2v) is 12.1. The molecule has 2 amide bonds. The first-order chi connectivity index (χ1) is 20.6. The average Bonchev–Trinajstić information content (AvgIpc) is 2.90. The highest BCUT2D eigenvalue weighted by molar-refractivity contribution is 6.31. The first kappa shape index (κ1) is 32.3. The van der Waals surface area contributed by atoms with E-state index >= 15 is 0 Å². The maximum Gasteiger partial charge on any atom is 0.407 e. The lowest BCUT2D eigenvalue weighted by Crippen LogP contribution is -2.41. The Morgan fingerprint density at radius 2 is 1.82 bits per heavy atom. The number of amides is 2. The van der Waals surface area contributed by atoms with Crippen LogP contribution in [0.1, 0.15) is 62.8 Å². The van der Waals surface area contributed by atoms with Gasteiger partial charge in [0.25, 0.3) is 0 Å². The Bertz CT molecular complexity index is 1740. The first-order valence-electron chi connectivity index (χ1n) is 13.9. The smallest absolute Gasteiger partial charge is 0.407 e. The highest BCUT2D eigenvalue weighted by atomic mass is 35.5. The van der Waals surface area contributed by atoms with Gasteiger partial charge in [-0.1, -0.05) is 23.7 Å². The fraction of sp³-hybridized carbons (Fsp3) is 0.400. The van der Waals surface area contributed by atoms with E-state index in [0.717, 1.165) is 5.56 Å². The Morgan fingerprint density at radius 3 is 2.48 bits per heavy atom. The van der Waals surface area contributed by atoms with Crippen molar-refractivity contribution in [1.29, 1.82) is 0 Å². The number of nitrogens with one attached hydrogen (secondary N) is 3. The molecule has 1 aliphatic rings. The molecule has 0 unspecified atom stereocenters. The second-order valence-electron chi connectivity index (χ2n) is 11.6. The highest BCUT2D eigenvalue weighted by Crippen LogP contribution is 2.32. The van der Waals surface area contributed by atoms with Crippen molar-refractivity contribution in [3.8, 4) is 0 Å². The fourth-order valence-corrected chi connectivity index (χ4v) is 5.49. The van der Waals surface area contributed by atoms with E-state index in [0.29, 0.717) is 45.7 Å². The van der Waals surface area contributed by atoms with Crippen LogP contribution >= 0.6 is 11.6 Å². The second kappa shape index (κ2) is 12.9. The van der Waals surface area contributed by atoms with Crippen LogP contribution in [0.5, 0.6) is 0 Å². The van der Waals surface area contributed by atoms with Gasteiger partial charge < -0.3 is 30.6 Å². The normalized spacial score (nSPS) is 14.3. The summed E-state index contributed by atoms with van der Waals surface area (Å²) in [5.41, 5.74) is 0.740. The summed E-state index contributed by atoms with van der Waals surface area (Å²) in [7, 11) is 0. The van der Waals surface area contributed by atoms with Gasteiger partial charge in [0.15, 0.2) is 5.92 Å². The number of H-pyrrole nitrogens is 1. The van der Waals surface area contributed by atoms with Crippen LogP contribution in [0, 0.1) is 5.92 Å². The van der Waals surface area contributed by atoms with E-state index in [4.69, 9.17) is 16.3 Å². The van der Waals surface area contributed by atoms with Crippen molar-refractivity contribution in [3.63, 3.8) is 0 Å². The number of anilines is 1. The van der Waals surface area contributed by atoms with Gasteiger partial charge in [0.1, 0.15) is 5.60 Å². The van der Waals surface area contributed by atoms with E-state index in [2.05, 4.69) is 15.6 Å². The van der Waals surface area contributed by atoms with Gasteiger partial charge in [0.2, 0.25) is 5.91 Å². The number of hydrogen-bond acceptors (Lipinski definition) is 7. The van der Waals surface area contributed by atoms with E-state index in [1.165, 1.54) is 4.57 Å². The van der Waals surface area contributed by atoms with Gasteiger partial charge in [-0.15, -0.1) is 0 Å². The molecule has 0 bridgehead atoms. The van der Waals surface area contributed by atoms with Gasteiger partial charge in [-0.25, -0.2) is 4.79 Å². The molecule has 5 N–H and O–H groups in total. The molecule has 0 fully saturated rings. The minimum atomic E-state index is -1.66. The third kappa shape index (κ3) is 7.64. The lowest BCUT2D eigenvalue weighted by atomic mass is 9.95. The predicted molar refractivity (Wildman–Crippen MR) is 161 cm³/mol. The number of nitrogens with zero attached hydrogens (tertiary/aromatic N) is 1. The summed E-state index contributed by atoms with van der Waals surface area (Å²) in [4.78, 5) is 76.2. The number of aryl methyl sites for hydroxylation is 2. The summed E-state index contributed by atoms with van der Waals surface area (Å²) in [6, 6.07) is 7.51. The van der Waals surface area contributed by atoms with Gasteiger partial charge >= 0.3 is 29.2 Å². The lowest BCUT2D eigenvalue weighted by Gasteiger charge is -2.27. The van der Waals surface area contributed by atoms with E-state index in [9.17, 15) is 39.0 Å². The number of ether oxygens (including phenoxy) is 1. The van der Waals surface area contributed by atoms with Gasteiger partial charge in [0.05, 0.1) is 11.0 Å². The Hall–Kier alpha value is -4.65. The number of carboxylic acids is 2. The Kier molecular flexibility index (Phi) is 9.47. The Labute approximate surface area is 256 Å². The molecule has 14 heteroatoms. The van der Waals surface area contributed by atoms with Crippen LogP contribution < -0.4 is 21.8 Å². The number of alkyl carbamates (subject to hydrolysis) is 1. The molecular formula is C30H33ClN4O9. The maximum absolute atomic E-state index is 13.3. The minimum absolute atomic E-state index is 0.00906. The summed E-state index contributed by atoms with van der Waals surface area (Å²) >= 11 is 6.18. The summed E-state index contributed by atoms with van der Waals surface area (Å²) < 4.78 is 6.58. The standard InChI is InChI=1S/C30H33ClN4O9/c1-30(2,3)44-29(43)32-14-15-4-9-21(16(10-15)6-8-20(27(39)40)28(41)42)33-23(36)13-19-7-5-17-11-18(31)12-22-24(17)35(19)26(38)25(37)34-22/h4,9-12,19-20H,5-8,13-14H2,1-3H3,(H,32,43)(H,33,36)(H,34,37)(H,39,40)(H,41,42)/t19-/m0/s1. The summed E-state index contributed by atoms with van der Waals surface area (Å²) in [6.07, 6.45) is -0.122. The minimum Gasteiger partial charge on any atom is -0.481 e. The number of carboxylic acid groups (broad SMARTS) is 2. The molecule has 2 heterocycles. The lowest BCUT2D eigenvalue weighted by molar-refractivity contribution is -0.154. The molecule has 1 atom stereocenters. The molecule has 3 aromatic rings. The van der Waals surface area contributed by atoms with E-state index < -0.39 is 52.6 Å². The van der Waals surface area contributed by atoms with Crippen molar-refractivity contribution in [2.24, 2.45) is 5.92 Å². The van der Waals surface area contributed by atoms with Gasteiger partial charge in [-0.2, -0.15) is 0 Å². The van der Waals surface area contributed by atoms with Crippen LogP contribution in [-0.4, -0.2) is 49.3 Å². The first-order valence-corrected chi connectivity index (χ1v) is 14.3. The summed E-state index contributed by atoms with van der Waals surface area (Å²) in [5, 5.41) is 24.5. The quantitative estimate of drug-likeness (QED) is 0.164. The third-order valence-electron chi connectivity index (χ3n) is 7.17. The zero-order valence-corrected chi connectivity index (χ0v) is 25.1. The topological polar surface area (TPSA) is 197 Å². The summed E-state index contributed by atoms with van der Waals surface area (Å²) in [5.74, 6) is -5.11. The molecule has 0 aliphatic carbocycles. The molecule has 13 nitrogen and oxygen atoms in total. The van der Waals surface area contributed by atoms with Crippen LogP contribution in [-0.2, 0) is 38.5 Å². The SMILES string of the molecule is CC(C)(C)OC(=O)NCc1ccc(NC(=O)C[C@@H]2CCc3cc(Cl)cc4[nH]c(=O)c(=O)n2c34)c(CCC(C(=O)O)C(=O)O)c1. The number of rotatable bonds is 10. The van der Waals surface area contributed by atoms with E-state index in [-0.39, 0.29) is 25.8 Å². The number of hydrogen-bond donors (Lipinski definition) is 5. The molecular weight excluding hydrogens is 596 g/mol. The number of aromatic nitrogens is 2. The number of aromatic amines is 1. The molecule has 0 saturated heterocycles. The third-order valence-corrected chi connectivity index (χ3v) is 7.39. The fourth-order valence-electron chi connectivity index (χ4n) is 5.25. The van der Waals surface area contributed by atoms with Crippen molar-refractivity contribution in [2.45, 2.75) is 71.1 Å². The van der Waals surface area contributed by atoms with Crippen molar-refractivity contribution in [1.82, 2.24) is 14.9 Å². The molecule has 2 aromatic carbocycles. The molecule has 1 aliphatic heterocycles. The van der Waals surface area contributed by atoms with Gasteiger partial charge in [-0.3, -0.25) is 28.5 Å². The average molecular weight is 629 g/mol. The van der Waals surface area contributed by atoms with Crippen LogP contribution in [0.4, 0.5) is 10.5 Å². The Morgan fingerprint density at radius 1 is 1.11 bits per heavy atom.